The Morgan fingerprint density at radius 2 is 1.00 bits per heavy atom. The minimum atomic E-state index is -0.0851. The Labute approximate surface area is 139 Å². The quantitative estimate of drug-likeness (QED) is 0.624. The van der Waals surface area contributed by atoms with Gasteiger partial charge in [-0.2, -0.15) is 0 Å². The van der Waals surface area contributed by atoms with Crippen molar-refractivity contribution in [2.24, 2.45) is 0 Å². The smallest absolute Gasteiger partial charge is 0.126 e. The van der Waals surface area contributed by atoms with Crippen LogP contribution in [0.3, 0.4) is 0 Å². The van der Waals surface area contributed by atoms with E-state index in [0.29, 0.717) is 0 Å². The van der Waals surface area contributed by atoms with E-state index in [9.17, 15) is 0 Å². The first-order valence-corrected chi connectivity index (χ1v) is 7.84. The monoisotopic (exact) mass is 308 g/mol. The van der Waals surface area contributed by atoms with Gasteiger partial charge in [0.15, 0.2) is 0 Å². The molecule has 0 bridgehead atoms. The fourth-order valence-corrected chi connectivity index (χ4v) is 2.36. The van der Waals surface area contributed by atoms with Gasteiger partial charge in [-0.15, -0.1) is 0 Å². The SMILES string of the molecule is CC=COc1ccc(C(C)(C)c2ccc(OC=CC)cc2)cc1. The van der Waals surface area contributed by atoms with E-state index in [-0.39, 0.29) is 5.41 Å². The van der Waals surface area contributed by atoms with Crippen LogP contribution in [-0.2, 0) is 5.41 Å². The summed E-state index contributed by atoms with van der Waals surface area (Å²) in [6, 6.07) is 16.5. The molecule has 0 amide bonds. The van der Waals surface area contributed by atoms with Gasteiger partial charge in [0, 0.05) is 5.41 Å². The maximum atomic E-state index is 5.48. The molecule has 120 valence electrons. The molecule has 0 aliphatic rings. The zero-order valence-corrected chi connectivity index (χ0v) is 14.2. The van der Waals surface area contributed by atoms with Crippen LogP contribution in [-0.4, -0.2) is 0 Å². The molecule has 0 aliphatic heterocycles. The van der Waals surface area contributed by atoms with E-state index in [4.69, 9.17) is 9.47 Å². The maximum absolute atomic E-state index is 5.48. The van der Waals surface area contributed by atoms with E-state index in [0.717, 1.165) is 11.5 Å². The van der Waals surface area contributed by atoms with Gasteiger partial charge >= 0.3 is 0 Å². The van der Waals surface area contributed by atoms with E-state index in [1.165, 1.54) is 11.1 Å². The molecular formula is C21H24O2. The van der Waals surface area contributed by atoms with Gasteiger partial charge in [-0.05, 0) is 49.2 Å². The van der Waals surface area contributed by atoms with E-state index >= 15 is 0 Å². The van der Waals surface area contributed by atoms with Gasteiger partial charge in [-0.3, -0.25) is 0 Å². The molecule has 0 unspecified atom stereocenters. The Morgan fingerprint density at radius 3 is 1.30 bits per heavy atom. The summed E-state index contributed by atoms with van der Waals surface area (Å²) in [6.45, 7) is 8.30. The molecule has 0 saturated carbocycles. The van der Waals surface area contributed by atoms with Crippen molar-refractivity contribution >= 4 is 0 Å². The molecule has 2 aromatic rings. The fraction of sp³-hybridized carbons (Fsp3) is 0.238. The highest BCUT2D eigenvalue weighted by molar-refractivity contribution is 5.42. The molecule has 2 heteroatoms. The van der Waals surface area contributed by atoms with E-state index in [1.54, 1.807) is 12.5 Å². The second-order valence-corrected chi connectivity index (χ2v) is 5.85. The number of rotatable bonds is 6. The van der Waals surface area contributed by atoms with Crippen molar-refractivity contribution in [3.63, 3.8) is 0 Å². The van der Waals surface area contributed by atoms with Gasteiger partial charge in [0.1, 0.15) is 11.5 Å². The first-order valence-electron chi connectivity index (χ1n) is 7.84. The molecule has 0 fully saturated rings. The normalized spacial score (nSPS) is 12.0. The first kappa shape index (κ1) is 16.9. The topological polar surface area (TPSA) is 18.5 Å². The fourth-order valence-electron chi connectivity index (χ4n) is 2.36. The zero-order chi connectivity index (χ0) is 16.7. The van der Waals surface area contributed by atoms with E-state index < -0.39 is 0 Å². The Balaban J connectivity index is 2.19. The Hall–Kier alpha value is -2.48. The van der Waals surface area contributed by atoms with Crippen molar-refractivity contribution in [2.75, 3.05) is 0 Å². The molecule has 0 aromatic heterocycles. The molecule has 0 N–H and O–H groups in total. The lowest BCUT2D eigenvalue weighted by atomic mass is 9.78. The Bertz CT molecular complexity index is 602. The van der Waals surface area contributed by atoms with Gasteiger partial charge < -0.3 is 9.47 Å². The van der Waals surface area contributed by atoms with Crippen molar-refractivity contribution in [1.29, 1.82) is 0 Å². The molecule has 2 rings (SSSR count). The number of allylic oxidation sites excluding steroid dienone is 2. The first-order chi connectivity index (χ1) is 11.1. The third-order valence-corrected chi connectivity index (χ3v) is 3.83. The summed E-state index contributed by atoms with van der Waals surface area (Å²) in [6.07, 6.45) is 7.11. The highest BCUT2D eigenvalue weighted by atomic mass is 16.5. The minimum absolute atomic E-state index is 0.0851. The highest BCUT2D eigenvalue weighted by Gasteiger charge is 2.23. The molecule has 0 radical (unpaired) electrons. The largest absolute Gasteiger partial charge is 0.465 e. The minimum Gasteiger partial charge on any atom is -0.465 e. The Morgan fingerprint density at radius 1 is 0.652 bits per heavy atom. The standard InChI is InChI=1S/C21H24O2/c1-5-15-22-19-11-7-17(8-12-19)21(3,4)18-9-13-20(14-10-18)23-16-6-2/h5-16H,1-4H3. The number of benzene rings is 2. The maximum Gasteiger partial charge on any atom is 0.126 e. The van der Waals surface area contributed by atoms with Crippen molar-refractivity contribution in [3.05, 3.63) is 84.3 Å². The third kappa shape index (κ3) is 4.26. The summed E-state index contributed by atoms with van der Waals surface area (Å²) >= 11 is 0. The molecular weight excluding hydrogens is 284 g/mol. The predicted molar refractivity (Wildman–Crippen MR) is 95.9 cm³/mol. The third-order valence-electron chi connectivity index (χ3n) is 3.83. The van der Waals surface area contributed by atoms with Crippen LogP contribution in [0, 0.1) is 0 Å². The average Bonchev–Trinajstić information content (AvgIpc) is 2.59. The van der Waals surface area contributed by atoms with Crippen molar-refractivity contribution < 1.29 is 9.47 Å². The lowest BCUT2D eigenvalue weighted by molar-refractivity contribution is 0.479. The van der Waals surface area contributed by atoms with Crippen LogP contribution in [0.5, 0.6) is 11.5 Å². The van der Waals surface area contributed by atoms with Crippen LogP contribution in [0.4, 0.5) is 0 Å². The van der Waals surface area contributed by atoms with Crippen LogP contribution >= 0.6 is 0 Å². The summed E-state index contributed by atoms with van der Waals surface area (Å²) in [5.41, 5.74) is 2.40. The highest BCUT2D eigenvalue weighted by Crippen LogP contribution is 2.33. The molecule has 2 nitrogen and oxygen atoms in total. The molecule has 0 aliphatic carbocycles. The molecule has 2 aromatic carbocycles. The summed E-state index contributed by atoms with van der Waals surface area (Å²) in [5.74, 6) is 1.69. The number of hydrogen-bond donors (Lipinski definition) is 0. The van der Waals surface area contributed by atoms with Gasteiger partial charge in [0.2, 0.25) is 0 Å². The summed E-state index contributed by atoms with van der Waals surface area (Å²) < 4.78 is 11.0. The van der Waals surface area contributed by atoms with Crippen LogP contribution in [0.15, 0.2) is 73.2 Å². The van der Waals surface area contributed by atoms with Crippen molar-refractivity contribution in [2.45, 2.75) is 33.1 Å². The van der Waals surface area contributed by atoms with E-state index in [2.05, 4.69) is 38.1 Å². The number of ether oxygens (including phenoxy) is 2. The molecule has 0 spiro atoms. The van der Waals surface area contributed by atoms with Crippen LogP contribution in [0.25, 0.3) is 0 Å². The zero-order valence-electron chi connectivity index (χ0n) is 14.2. The molecule has 0 heterocycles. The van der Waals surface area contributed by atoms with Crippen molar-refractivity contribution in [3.8, 4) is 11.5 Å². The van der Waals surface area contributed by atoms with Crippen LogP contribution in [0.2, 0.25) is 0 Å². The molecule has 0 saturated heterocycles. The summed E-state index contributed by atoms with van der Waals surface area (Å²) in [5, 5.41) is 0. The van der Waals surface area contributed by atoms with Crippen molar-refractivity contribution in [1.82, 2.24) is 0 Å². The Kier molecular flexibility index (Phi) is 5.64. The summed E-state index contributed by atoms with van der Waals surface area (Å²) in [4.78, 5) is 0. The lowest BCUT2D eigenvalue weighted by Crippen LogP contribution is -2.18. The van der Waals surface area contributed by atoms with Crippen LogP contribution < -0.4 is 9.47 Å². The molecule has 0 atom stereocenters. The second kappa shape index (κ2) is 7.68. The summed E-state index contributed by atoms with van der Waals surface area (Å²) in [7, 11) is 0. The predicted octanol–water partition coefficient (Wildman–Crippen LogP) is 5.84. The molecule has 23 heavy (non-hydrogen) atoms. The van der Waals surface area contributed by atoms with Gasteiger partial charge in [0.25, 0.3) is 0 Å². The lowest BCUT2D eigenvalue weighted by Gasteiger charge is -2.26. The number of hydrogen-bond acceptors (Lipinski definition) is 2. The van der Waals surface area contributed by atoms with Gasteiger partial charge in [-0.25, -0.2) is 0 Å². The van der Waals surface area contributed by atoms with Gasteiger partial charge in [0.05, 0.1) is 12.5 Å². The van der Waals surface area contributed by atoms with E-state index in [1.807, 2.05) is 50.3 Å². The average molecular weight is 308 g/mol. The van der Waals surface area contributed by atoms with Gasteiger partial charge in [-0.1, -0.05) is 50.3 Å². The second-order valence-electron chi connectivity index (χ2n) is 5.85. The van der Waals surface area contributed by atoms with Crippen LogP contribution in [0.1, 0.15) is 38.8 Å².